The molecule has 0 bridgehead atoms. The van der Waals surface area contributed by atoms with Crippen molar-refractivity contribution in [1.29, 1.82) is 5.41 Å². The number of nitrogens with zero attached hydrogens (tertiary/aromatic N) is 1. The molecular formula is C25H32N2O5. The maximum atomic E-state index is 13.3. The highest BCUT2D eigenvalue weighted by Gasteiger charge is 2.28. The number of ether oxygens (including phenoxy) is 2. The molecule has 1 heterocycles. The molecule has 3 aromatic rings. The summed E-state index contributed by atoms with van der Waals surface area (Å²) in [7, 11) is 3.05. The van der Waals surface area contributed by atoms with E-state index in [9.17, 15) is 9.90 Å². The van der Waals surface area contributed by atoms with Gasteiger partial charge in [-0.15, -0.1) is 0 Å². The minimum atomic E-state index is -0.347. The van der Waals surface area contributed by atoms with Crippen LogP contribution >= 0.6 is 0 Å². The fraction of sp³-hybridized carbons (Fsp3) is 0.440. The van der Waals surface area contributed by atoms with Crippen LogP contribution in [-0.2, 0) is 17.4 Å². The van der Waals surface area contributed by atoms with Gasteiger partial charge >= 0.3 is 0 Å². The van der Waals surface area contributed by atoms with Crippen molar-refractivity contribution in [1.82, 2.24) is 4.74 Å². The molecule has 3 rings (SSSR count). The molecule has 0 fully saturated rings. The molecule has 2 aromatic carbocycles. The molecule has 7 nitrogen and oxygen atoms in total. The molecule has 2 N–H and O–H groups in total. The summed E-state index contributed by atoms with van der Waals surface area (Å²) in [6, 6.07) is 6.79. The molecule has 172 valence electrons. The first-order valence-electron chi connectivity index (χ1n) is 10.5. The van der Waals surface area contributed by atoms with Crippen molar-refractivity contribution >= 4 is 16.8 Å². The van der Waals surface area contributed by atoms with Gasteiger partial charge in [-0.3, -0.25) is 10.2 Å². The van der Waals surface area contributed by atoms with Gasteiger partial charge < -0.3 is 19.1 Å². The third-order valence-electron chi connectivity index (χ3n) is 5.53. The normalized spacial score (nSPS) is 12.2. The van der Waals surface area contributed by atoms with Crippen LogP contribution in [0.2, 0.25) is 0 Å². The number of methoxy groups -OCH3 is 2. The Bertz CT molecular complexity index is 1200. The Morgan fingerprint density at radius 3 is 1.94 bits per heavy atom. The topological polar surface area (TPSA) is 97.7 Å². The number of carbonyl (C=O) groups excluding carboxylic acids is 1. The lowest BCUT2D eigenvalue weighted by Gasteiger charge is -2.28. The van der Waals surface area contributed by atoms with Crippen molar-refractivity contribution in [3.05, 3.63) is 46.4 Å². The van der Waals surface area contributed by atoms with Crippen molar-refractivity contribution in [3.63, 3.8) is 0 Å². The molecule has 0 amide bonds. The van der Waals surface area contributed by atoms with Crippen LogP contribution in [0.3, 0.4) is 0 Å². The zero-order valence-corrected chi connectivity index (χ0v) is 20.0. The van der Waals surface area contributed by atoms with E-state index < -0.39 is 0 Å². The molecular weight excluding hydrogens is 408 g/mol. The third kappa shape index (κ3) is 4.24. The van der Waals surface area contributed by atoms with Crippen LogP contribution in [0.25, 0.3) is 11.0 Å². The summed E-state index contributed by atoms with van der Waals surface area (Å²) < 4.78 is 17.6. The summed E-state index contributed by atoms with van der Waals surface area (Å²) >= 11 is 0. The highest BCUT2D eigenvalue weighted by molar-refractivity contribution is 5.97. The minimum absolute atomic E-state index is 0.0696. The second-order valence-corrected chi connectivity index (χ2v) is 10.0. The van der Waals surface area contributed by atoms with Crippen LogP contribution < -0.4 is 15.0 Å². The van der Waals surface area contributed by atoms with Gasteiger partial charge in [0.05, 0.1) is 19.6 Å². The van der Waals surface area contributed by atoms with Crippen molar-refractivity contribution in [3.8, 4) is 17.2 Å². The predicted octanol–water partition coefficient (Wildman–Crippen LogP) is 4.91. The summed E-state index contributed by atoms with van der Waals surface area (Å²) in [6.45, 7) is 11.9. The van der Waals surface area contributed by atoms with Gasteiger partial charge in [-0.2, -0.15) is 4.74 Å². The number of carbonyl (C=O) groups is 1. The monoisotopic (exact) mass is 440 g/mol. The maximum absolute atomic E-state index is 13.3. The first-order valence-corrected chi connectivity index (χ1v) is 10.5. The van der Waals surface area contributed by atoms with Crippen LogP contribution in [0.4, 0.5) is 0 Å². The van der Waals surface area contributed by atoms with E-state index in [1.807, 2.05) is 41.5 Å². The average molecular weight is 441 g/mol. The zero-order chi connectivity index (χ0) is 24.0. The Morgan fingerprint density at radius 1 is 0.969 bits per heavy atom. The van der Waals surface area contributed by atoms with Crippen LogP contribution in [0, 0.1) is 5.41 Å². The number of aromatic nitrogens is 1. The van der Waals surface area contributed by atoms with E-state index in [1.54, 1.807) is 24.3 Å². The van der Waals surface area contributed by atoms with Crippen LogP contribution in [-0.4, -0.2) is 29.8 Å². The maximum Gasteiger partial charge on any atom is 0.185 e. The number of phenols is 1. The average Bonchev–Trinajstić information content (AvgIpc) is 2.99. The van der Waals surface area contributed by atoms with Crippen molar-refractivity contribution in [2.45, 2.75) is 58.9 Å². The van der Waals surface area contributed by atoms with Crippen molar-refractivity contribution in [2.24, 2.45) is 0 Å². The van der Waals surface area contributed by atoms with E-state index in [1.165, 1.54) is 19.0 Å². The molecule has 0 spiro atoms. The Balaban J connectivity index is 2.08. The SMILES string of the molecule is COc1cc2on(CC(=O)c3cc(C(C)(C)C)c(O)c(C(C)(C)C)c3)c(=N)c2cc1OC. The summed E-state index contributed by atoms with van der Waals surface area (Å²) in [5, 5.41) is 19.9. The fourth-order valence-corrected chi connectivity index (χ4v) is 3.69. The fourth-order valence-electron chi connectivity index (χ4n) is 3.69. The second kappa shape index (κ2) is 8.04. The second-order valence-electron chi connectivity index (χ2n) is 10.0. The summed E-state index contributed by atoms with van der Waals surface area (Å²) in [5.41, 5.74) is 1.70. The number of nitrogens with one attached hydrogen (secondary N) is 1. The summed E-state index contributed by atoms with van der Waals surface area (Å²) in [6.07, 6.45) is 0. The van der Waals surface area contributed by atoms with Crippen LogP contribution in [0.5, 0.6) is 17.2 Å². The zero-order valence-electron chi connectivity index (χ0n) is 20.0. The standard InChI is InChI=1S/C25H32N2O5/c1-24(2,3)16-9-14(10-17(22(16)29)25(4,5)6)18(28)13-27-23(26)15-11-20(30-7)21(31-8)12-19(15)32-27/h9-12,26,29H,13H2,1-8H3. The molecule has 1 aromatic heterocycles. The van der Waals surface area contributed by atoms with Crippen LogP contribution in [0.15, 0.2) is 28.8 Å². The number of hydrogen-bond donors (Lipinski definition) is 2. The largest absolute Gasteiger partial charge is 0.507 e. The van der Waals surface area contributed by atoms with Gasteiger partial charge in [-0.25, -0.2) is 0 Å². The van der Waals surface area contributed by atoms with Gasteiger partial charge in [0, 0.05) is 22.8 Å². The van der Waals surface area contributed by atoms with E-state index in [0.717, 1.165) is 0 Å². The molecule has 7 heteroatoms. The molecule has 0 aliphatic rings. The Labute approximate surface area is 188 Å². The molecule has 0 radical (unpaired) electrons. The first kappa shape index (κ1) is 23.4. The molecule has 0 saturated carbocycles. The lowest BCUT2D eigenvalue weighted by molar-refractivity contribution is 0.0932. The predicted molar refractivity (Wildman–Crippen MR) is 123 cm³/mol. The van der Waals surface area contributed by atoms with E-state index in [4.69, 9.17) is 19.4 Å². The van der Waals surface area contributed by atoms with E-state index in [0.29, 0.717) is 39.2 Å². The van der Waals surface area contributed by atoms with Gasteiger partial charge in [0.15, 0.2) is 28.4 Å². The molecule has 0 unspecified atom stereocenters. The number of aromatic hydroxyl groups is 1. The Hall–Kier alpha value is -3.22. The number of hydrogen-bond acceptors (Lipinski definition) is 6. The summed E-state index contributed by atoms with van der Waals surface area (Å²) in [5.74, 6) is 0.974. The van der Waals surface area contributed by atoms with Gasteiger partial charge in [-0.1, -0.05) is 41.5 Å². The number of Topliss-reactive ketones (excluding diaryl/α,β-unsaturated/α-hetero) is 1. The quantitative estimate of drug-likeness (QED) is 0.549. The minimum Gasteiger partial charge on any atom is -0.507 e. The van der Waals surface area contributed by atoms with Crippen LogP contribution in [0.1, 0.15) is 63.0 Å². The number of fused-ring (bicyclic) bond motifs is 1. The Kier molecular flexibility index (Phi) is 5.89. The van der Waals surface area contributed by atoms with E-state index >= 15 is 0 Å². The van der Waals surface area contributed by atoms with Crippen molar-refractivity contribution < 1.29 is 23.9 Å². The Morgan fingerprint density at radius 2 is 1.47 bits per heavy atom. The molecule has 0 aliphatic heterocycles. The number of rotatable bonds is 5. The van der Waals surface area contributed by atoms with Gasteiger partial charge in [0.2, 0.25) is 0 Å². The lowest BCUT2D eigenvalue weighted by atomic mass is 9.78. The number of ketones is 1. The highest BCUT2D eigenvalue weighted by Crippen LogP contribution is 2.40. The smallest absolute Gasteiger partial charge is 0.185 e. The molecule has 32 heavy (non-hydrogen) atoms. The number of benzene rings is 2. The van der Waals surface area contributed by atoms with E-state index in [2.05, 4.69) is 0 Å². The molecule has 0 atom stereocenters. The van der Waals surface area contributed by atoms with Gasteiger partial charge in [-0.05, 0) is 29.0 Å². The molecule has 0 aliphatic carbocycles. The number of phenolic OH excluding ortho intramolecular Hbond substituents is 1. The highest BCUT2D eigenvalue weighted by atomic mass is 16.5. The van der Waals surface area contributed by atoms with Gasteiger partial charge in [0.25, 0.3) is 0 Å². The summed E-state index contributed by atoms with van der Waals surface area (Å²) in [4.78, 5) is 13.3. The molecule has 0 saturated heterocycles. The van der Waals surface area contributed by atoms with Gasteiger partial charge in [0.1, 0.15) is 12.3 Å². The lowest BCUT2D eigenvalue weighted by Crippen LogP contribution is -2.22. The third-order valence-corrected chi connectivity index (χ3v) is 5.53. The van der Waals surface area contributed by atoms with Crippen molar-refractivity contribution in [2.75, 3.05) is 14.2 Å². The first-order chi connectivity index (χ1) is 14.8. The van der Waals surface area contributed by atoms with E-state index in [-0.39, 0.29) is 34.4 Å².